The molecule has 168 valence electrons. The van der Waals surface area contributed by atoms with Crippen molar-refractivity contribution in [2.24, 2.45) is 4.99 Å². The number of methoxy groups -OCH3 is 1. The molecule has 0 unspecified atom stereocenters. The maximum Gasteiger partial charge on any atom is 0.416 e. The van der Waals surface area contributed by atoms with E-state index in [0.717, 1.165) is 12.1 Å². The van der Waals surface area contributed by atoms with Crippen LogP contribution in [-0.4, -0.2) is 44.5 Å². The predicted molar refractivity (Wildman–Crippen MR) is 109 cm³/mol. The summed E-state index contributed by atoms with van der Waals surface area (Å²) in [7, 11) is 4.60. The summed E-state index contributed by atoms with van der Waals surface area (Å²) in [5.41, 5.74) is 0.152. The molecule has 0 fully saturated rings. The van der Waals surface area contributed by atoms with Gasteiger partial charge in [0.05, 0.1) is 25.8 Å². The zero-order valence-electron chi connectivity index (χ0n) is 17.4. The maximum atomic E-state index is 13.7. The van der Waals surface area contributed by atoms with Crippen LogP contribution in [0.25, 0.3) is 0 Å². The number of rotatable bonds is 7. The summed E-state index contributed by atoms with van der Waals surface area (Å²) < 4.78 is 57.5. The van der Waals surface area contributed by atoms with Crippen LogP contribution in [-0.2, 0) is 24.1 Å². The first-order valence-corrected chi connectivity index (χ1v) is 9.30. The monoisotopic (exact) mass is 440 g/mol. The Labute approximate surface area is 177 Å². The summed E-state index contributed by atoms with van der Waals surface area (Å²) in [5.74, 6) is -0.185. The molecule has 0 atom stereocenters. The number of amides is 1. The van der Waals surface area contributed by atoms with Crippen LogP contribution in [0.5, 0.6) is 5.75 Å². The van der Waals surface area contributed by atoms with E-state index in [4.69, 9.17) is 4.74 Å². The minimum atomic E-state index is -4.44. The molecule has 6 nitrogen and oxygen atoms in total. The number of nitrogens with one attached hydrogen (secondary N) is 2. The molecule has 31 heavy (non-hydrogen) atoms. The number of ether oxygens (including phenoxy) is 1. The lowest BCUT2D eigenvalue weighted by molar-refractivity contribution is -0.137. The highest BCUT2D eigenvalue weighted by Gasteiger charge is 2.30. The van der Waals surface area contributed by atoms with Crippen molar-refractivity contribution in [2.75, 3.05) is 27.7 Å². The lowest BCUT2D eigenvalue weighted by atomic mass is 10.1. The standard InChI is InChI=1S/C21H24F4N4O2/c1-29(2)19(30)13-28-20(27-12-15-8-17(22)10-18(9-15)31-3)26-11-14-5-4-6-16(7-14)21(23,24)25/h4-10H,11-13H2,1-3H3,(H2,26,27,28). The first-order chi connectivity index (χ1) is 14.6. The number of carbonyl (C=O) groups is 1. The Hall–Kier alpha value is -3.30. The topological polar surface area (TPSA) is 66.0 Å². The third-order valence-corrected chi connectivity index (χ3v) is 4.21. The van der Waals surface area contributed by atoms with Crippen molar-refractivity contribution in [1.29, 1.82) is 0 Å². The van der Waals surface area contributed by atoms with Gasteiger partial charge < -0.3 is 20.3 Å². The molecule has 2 rings (SSSR count). The molecule has 0 aliphatic rings. The number of hydrogen-bond donors (Lipinski definition) is 2. The van der Waals surface area contributed by atoms with Gasteiger partial charge in [-0.3, -0.25) is 4.79 Å². The summed E-state index contributed by atoms with van der Waals surface area (Å²) in [4.78, 5) is 17.6. The smallest absolute Gasteiger partial charge is 0.416 e. The van der Waals surface area contributed by atoms with Crippen LogP contribution in [0.2, 0.25) is 0 Å². The number of aliphatic imine (C=N–C) groups is 1. The van der Waals surface area contributed by atoms with Crippen molar-refractivity contribution in [3.05, 3.63) is 65.0 Å². The van der Waals surface area contributed by atoms with E-state index >= 15 is 0 Å². The maximum absolute atomic E-state index is 13.7. The lowest BCUT2D eigenvalue weighted by Gasteiger charge is -2.16. The van der Waals surface area contributed by atoms with Crippen molar-refractivity contribution >= 4 is 11.9 Å². The minimum absolute atomic E-state index is 0.0401. The summed E-state index contributed by atoms with van der Waals surface area (Å²) in [5, 5.41) is 5.73. The molecule has 0 radical (unpaired) electrons. The number of alkyl halides is 3. The second-order valence-electron chi connectivity index (χ2n) is 6.86. The molecule has 10 heteroatoms. The molecule has 0 saturated heterocycles. The van der Waals surface area contributed by atoms with E-state index in [9.17, 15) is 22.4 Å². The van der Waals surface area contributed by atoms with Gasteiger partial charge in [-0.15, -0.1) is 0 Å². The second-order valence-corrected chi connectivity index (χ2v) is 6.86. The van der Waals surface area contributed by atoms with Gasteiger partial charge in [0.25, 0.3) is 0 Å². The normalized spacial score (nSPS) is 11.8. The minimum Gasteiger partial charge on any atom is -0.497 e. The highest BCUT2D eigenvalue weighted by Crippen LogP contribution is 2.29. The molecule has 0 saturated carbocycles. The fourth-order valence-corrected chi connectivity index (χ4v) is 2.54. The Balaban J connectivity index is 2.15. The molecule has 0 heterocycles. The fraction of sp³-hybridized carbons (Fsp3) is 0.333. The molecular formula is C21H24F4N4O2. The first-order valence-electron chi connectivity index (χ1n) is 9.30. The van der Waals surface area contributed by atoms with E-state index in [2.05, 4.69) is 15.6 Å². The van der Waals surface area contributed by atoms with E-state index in [-0.39, 0.29) is 31.5 Å². The zero-order chi connectivity index (χ0) is 23.0. The number of hydrogen-bond acceptors (Lipinski definition) is 3. The number of benzene rings is 2. The highest BCUT2D eigenvalue weighted by molar-refractivity contribution is 5.86. The van der Waals surface area contributed by atoms with Gasteiger partial charge in [-0.2, -0.15) is 13.2 Å². The number of nitrogens with zero attached hydrogens (tertiary/aromatic N) is 2. The highest BCUT2D eigenvalue weighted by atomic mass is 19.4. The van der Waals surface area contributed by atoms with Gasteiger partial charge in [0.1, 0.15) is 11.6 Å². The van der Waals surface area contributed by atoms with Crippen LogP contribution in [0.3, 0.4) is 0 Å². The quantitative estimate of drug-likeness (QED) is 0.394. The predicted octanol–water partition coefficient (Wildman–Crippen LogP) is 3.18. The molecule has 0 spiro atoms. The van der Waals surface area contributed by atoms with Crippen LogP contribution in [0, 0.1) is 5.82 Å². The average Bonchev–Trinajstić information content (AvgIpc) is 2.72. The largest absolute Gasteiger partial charge is 0.497 e. The Morgan fingerprint density at radius 1 is 1.10 bits per heavy atom. The molecule has 1 amide bonds. The first kappa shape index (κ1) is 24.0. The van der Waals surface area contributed by atoms with E-state index in [1.165, 1.54) is 30.2 Å². The van der Waals surface area contributed by atoms with Crippen molar-refractivity contribution in [2.45, 2.75) is 19.3 Å². The van der Waals surface area contributed by atoms with Crippen LogP contribution in [0.1, 0.15) is 16.7 Å². The van der Waals surface area contributed by atoms with E-state index in [1.807, 2.05) is 0 Å². The van der Waals surface area contributed by atoms with Crippen LogP contribution in [0.4, 0.5) is 17.6 Å². The summed E-state index contributed by atoms with van der Waals surface area (Å²) in [6, 6.07) is 9.02. The molecule has 0 aromatic heterocycles. The second kappa shape index (κ2) is 10.6. The SMILES string of the molecule is COc1cc(F)cc(CN=C(NCC(=O)N(C)C)NCc2cccc(C(F)(F)F)c2)c1. The van der Waals surface area contributed by atoms with Crippen molar-refractivity contribution in [1.82, 2.24) is 15.5 Å². The molecule has 2 N–H and O–H groups in total. The summed E-state index contributed by atoms with van der Waals surface area (Å²) >= 11 is 0. The molecule has 2 aromatic rings. The Morgan fingerprint density at radius 2 is 1.84 bits per heavy atom. The van der Waals surface area contributed by atoms with Crippen LogP contribution >= 0.6 is 0 Å². The van der Waals surface area contributed by atoms with Crippen LogP contribution < -0.4 is 15.4 Å². The molecule has 0 bridgehead atoms. The van der Waals surface area contributed by atoms with Gasteiger partial charge in [-0.1, -0.05) is 12.1 Å². The molecule has 0 aliphatic heterocycles. The molecule has 2 aromatic carbocycles. The van der Waals surface area contributed by atoms with Crippen molar-refractivity contribution in [3.63, 3.8) is 0 Å². The number of guanidine groups is 1. The Bertz CT molecular complexity index is 930. The van der Waals surface area contributed by atoms with Gasteiger partial charge in [0, 0.05) is 26.7 Å². The Morgan fingerprint density at radius 3 is 2.48 bits per heavy atom. The average molecular weight is 440 g/mol. The van der Waals surface area contributed by atoms with Crippen LogP contribution in [0.15, 0.2) is 47.5 Å². The van der Waals surface area contributed by atoms with E-state index in [1.54, 1.807) is 26.2 Å². The number of halogens is 4. The fourth-order valence-electron chi connectivity index (χ4n) is 2.54. The van der Waals surface area contributed by atoms with Gasteiger partial charge in [-0.05, 0) is 35.4 Å². The van der Waals surface area contributed by atoms with Gasteiger partial charge in [0.15, 0.2) is 5.96 Å². The van der Waals surface area contributed by atoms with Crippen molar-refractivity contribution < 1.29 is 27.1 Å². The van der Waals surface area contributed by atoms with E-state index < -0.39 is 17.6 Å². The lowest BCUT2D eigenvalue weighted by Crippen LogP contribution is -2.42. The zero-order valence-corrected chi connectivity index (χ0v) is 17.4. The Kier molecular flexibility index (Phi) is 8.23. The van der Waals surface area contributed by atoms with Gasteiger partial charge >= 0.3 is 6.18 Å². The third-order valence-electron chi connectivity index (χ3n) is 4.21. The number of likely N-dealkylation sites (N-methyl/N-ethyl adjacent to an activating group) is 1. The summed E-state index contributed by atoms with van der Waals surface area (Å²) in [6.45, 7) is 0.0223. The van der Waals surface area contributed by atoms with Gasteiger partial charge in [0.2, 0.25) is 5.91 Å². The van der Waals surface area contributed by atoms with Crippen molar-refractivity contribution in [3.8, 4) is 5.75 Å². The van der Waals surface area contributed by atoms with E-state index in [0.29, 0.717) is 16.9 Å². The van der Waals surface area contributed by atoms with Gasteiger partial charge in [-0.25, -0.2) is 9.38 Å². The third kappa shape index (κ3) is 7.80. The molecule has 0 aliphatic carbocycles. The summed E-state index contributed by atoms with van der Waals surface area (Å²) in [6.07, 6.45) is -4.44. The molecular weight excluding hydrogens is 416 g/mol. The number of carbonyl (C=O) groups excluding carboxylic acids is 1.